The Hall–Kier alpha value is -2.62. The van der Waals surface area contributed by atoms with Gasteiger partial charge in [0, 0.05) is 0 Å². The largest absolute Gasteiger partial charge is 0.455 e. The van der Waals surface area contributed by atoms with Gasteiger partial charge in [-0.3, -0.25) is 9.59 Å². The van der Waals surface area contributed by atoms with Crippen LogP contribution in [-0.2, 0) is 19.7 Å². The number of hydrogen-bond acceptors (Lipinski definition) is 3. The summed E-state index contributed by atoms with van der Waals surface area (Å²) in [5, 5.41) is 2.83. The van der Waals surface area contributed by atoms with Crippen LogP contribution in [0.3, 0.4) is 0 Å². The second kappa shape index (κ2) is 7.77. The van der Waals surface area contributed by atoms with E-state index in [1.54, 1.807) is 13.8 Å². The summed E-state index contributed by atoms with van der Waals surface area (Å²) in [7, 11) is 0. The van der Waals surface area contributed by atoms with Crippen molar-refractivity contribution in [3.63, 3.8) is 0 Å². The van der Waals surface area contributed by atoms with Gasteiger partial charge < -0.3 is 10.1 Å². The zero-order valence-corrected chi connectivity index (χ0v) is 14.3. The summed E-state index contributed by atoms with van der Waals surface area (Å²) in [4.78, 5) is 24.3. The van der Waals surface area contributed by atoms with E-state index in [1.807, 2.05) is 67.6 Å². The highest BCUT2D eigenvalue weighted by atomic mass is 16.5. The van der Waals surface area contributed by atoms with E-state index in [4.69, 9.17) is 4.74 Å². The maximum absolute atomic E-state index is 12.3. The molecule has 1 amide bonds. The van der Waals surface area contributed by atoms with Crippen LogP contribution in [0.1, 0.15) is 37.9 Å². The van der Waals surface area contributed by atoms with Gasteiger partial charge in [-0.2, -0.15) is 0 Å². The first-order valence-corrected chi connectivity index (χ1v) is 7.98. The summed E-state index contributed by atoms with van der Waals surface area (Å²) in [6.45, 7) is 5.18. The third-order valence-electron chi connectivity index (χ3n) is 4.02. The molecule has 0 bridgehead atoms. The molecule has 1 N–H and O–H groups in total. The fraction of sp³-hybridized carbons (Fsp3) is 0.300. The van der Waals surface area contributed by atoms with Crippen molar-refractivity contribution in [3.8, 4) is 0 Å². The highest BCUT2D eigenvalue weighted by Crippen LogP contribution is 2.24. The van der Waals surface area contributed by atoms with Gasteiger partial charge in [-0.25, -0.2) is 0 Å². The first-order chi connectivity index (χ1) is 11.4. The molecule has 0 saturated heterocycles. The monoisotopic (exact) mass is 325 g/mol. The van der Waals surface area contributed by atoms with E-state index in [0.29, 0.717) is 0 Å². The molecule has 4 heteroatoms. The van der Waals surface area contributed by atoms with Gasteiger partial charge in [0.25, 0.3) is 5.91 Å². The van der Waals surface area contributed by atoms with E-state index in [1.165, 1.54) is 0 Å². The highest BCUT2D eigenvalue weighted by Gasteiger charge is 2.31. The first kappa shape index (κ1) is 17.7. The second-order valence-corrected chi connectivity index (χ2v) is 6.27. The number of benzene rings is 2. The predicted octanol–water partition coefficient (Wildman–Crippen LogP) is 3.38. The van der Waals surface area contributed by atoms with Crippen LogP contribution < -0.4 is 5.32 Å². The fourth-order valence-corrected chi connectivity index (χ4v) is 2.39. The molecular formula is C20H23NO3. The van der Waals surface area contributed by atoms with Crippen LogP contribution in [-0.4, -0.2) is 18.5 Å². The van der Waals surface area contributed by atoms with Crippen molar-refractivity contribution in [1.82, 2.24) is 5.32 Å². The first-order valence-electron chi connectivity index (χ1n) is 7.98. The summed E-state index contributed by atoms with van der Waals surface area (Å²) in [6.07, 6.45) is 0. The highest BCUT2D eigenvalue weighted by molar-refractivity contribution is 5.85. The Bertz CT molecular complexity index is 681. The van der Waals surface area contributed by atoms with Gasteiger partial charge >= 0.3 is 5.97 Å². The van der Waals surface area contributed by atoms with Crippen molar-refractivity contribution < 1.29 is 14.3 Å². The SMILES string of the molecule is C[C@H](NC(=O)COC(=O)C(C)(C)c1ccccc1)c1ccccc1. The smallest absolute Gasteiger partial charge is 0.316 e. The maximum atomic E-state index is 12.3. The molecule has 0 radical (unpaired) electrons. The number of rotatable bonds is 6. The number of nitrogens with one attached hydrogen (secondary N) is 1. The molecule has 0 aliphatic carbocycles. The fourth-order valence-electron chi connectivity index (χ4n) is 2.39. The predicted molar refractivity (Wildman–Crippen MR) is 93.4 cm³/mol. The molecule has 0 aliphatic heterocycles. The van der Waals surface area contributed by atoms with Crippen molar-refractivity contribution in [3.05, 3.63) is 71.8 Å². The lowest BCUT2D eigenvalue weighted by molar-refractivity contribution is -0.153. The lowest BCUT2D eigenvalue weighted by Gasteiger charge is -2.23. The minimum atomic E-state index is -0.799. The zero-order valence-electron chi connectivity index (χ0n) is 14.3. The van der Waals surface area contributed by atoms with Crippen molar-refractivity contribution in [1.29, 1.82) is 0 Å². The topological polar surface area (TPSA) is 55.4 Å². The summed E-state index contributed by atoms with van der Waals surface area (Å²) >= 11 is 0. The number of amides is 1. The third kappa shape index (κ3) is 4.44. The molecule has 0 unspecified atom stereocenters. The Kier molecular flexibility index (Phi) is 5.74. The number of ether oxygens (including phenoxy) is 1. The molecule has 2 aromatic carbocycles. The standard InChI is InChI=1S/C20H23NO3/c1-15(16-10-6-4-7-11-16)21-18(22)14-24-19(23)20(2,3)17-12-8-5-9-13-17/h4-13,15H,14H2,1-3H3,(H,21,22)/t15-/m0/s1. The van der Waals surface area contributed by atoms with Gasteiger partial charge in [0.2, 0.25) is 0 Å². The molecule has 0 aliphatic rings. The number of esters is 1. The molecule has 126 valence electrons. The van der Waals surface area contributed by atoms with E-state index < -0.39 is 11.4 Å². The molecule has 24 heavy (non-hydrogen) atoms. The van der Waals surface area contributed by atoms with Gasteiger partial charge in [0.15, 0.2) is 6.61 Å². The summed E-state index contributed by atoms with van der Waals surface area (Å²) in [5.41, 5.74) is 1.06. The Morgan fingerprint density at radius 3 is 2.12 bits per heavy atom. The Morgan fingerprint density at radius 2 is 1.54 bits per heavy atom. The van der Waals surface area contributed by atoms with Gasteiger partial charge in [-0.05, 0) is 31.9 Å². The van der Waals surface area contributed by atoms with E-state index in [2.05, 4.69) is 5.32 Å². The van der Waals surface area contributed by atoms with E-state index in [0.717, 1.165) is 11.1 Å². The molecule has 0 spiro atoms. The van der Waals surface area contributed by atoms with Crippen LogP contribution in [0.4, 0.5) is 0 Å². The maximum Gasteiger partial charge on any atom is 0.316 e. The van der Waals surface area contributed by atoms with Gasteiger partial charge in [0.1, 0.15) is 0 Å². The van der Waals surface area contributed by atoms with Crippen molar-refractivity contribution in [2.24, 2.45) is 0 Å². The van der Waals surface area contributed by atoms with Crippen LogP contribution in [0.5, 0.6) is 0 Å². The average Bonchev–Trinajstić information content (AvgIpc) is 2.61. The molecule has 0 aromatic heterocycles. The summed E-state index contributed by atoms with van der Waals surface area (Å²) in [5.74, 6) is -0.736. The van der Waals surface area contributed by atoms with Crippen LogP contribution >= 0.6 is 0 Å². The minimum absolute atomic E-state index is 0.139. The van der Waals surface area contributed by atoms with E-state index >= 15 is 0 Å². The molecule has 0 fully saturated rings. The van der Waals surface area contributed by atoms with Gasteiger partial charge in [-0.1, -0.05) is 60.7 Å². The molecule has 2 aromatic rings. The summed E-state index contributed by atoms with van der Waals surface area (Å²) < 4.78 is 5.21. The number of hydrogen-bond donors (Lipinski definition) is 1. The Balaban J connectivity index is 1.88. The van der Waals surface area contributed by atoms with Crippen LogP contribution in [0, 0.1) is 0 Å². The Labute approximate surface area is 142 Å². The normalized spacial score (nSPS) is 12.3. The molecule has 0 heterocycles. The minimum Gasteiger partial charge on any atom is -0.455 e. The van der Waals surface area contributed by atoms with Gasteiger partial charge in [0.05, 0.1) is 11.5 Å². The lowest BCUT2D eigenvalue weighted by Crippen LogP contribution is -2.36. The van der Waals surface area contributed by atoms with Crippen molar-refractivity contribution in [2.45, 2.75) is 32.2 Å². The quantitative estimate of drug-likeness (QED) is 0.828. The Morgan fingerprint density at radius 1 is 1.00 bits per heavy atom. The lowest BCUT2D eigenvalue weighted by atomic mass is 9.85. The number of carbonyl (C=O) groups excluding carboxylic acids is 2. The molecular weight excluding hydrogens is 302 g/mol. The van der Waals surface area contributed by atoms with E-state index in [9.17, 15) is 9.59 Å². The number of carbonyl (C=O) groups is 2. The molecule has 1 atom stereocenters. The molecule has 0 saturated carbocycles. The van der Waals surface area contributed by atoms with Crippen molar-refractivity contribution in [2.75, 3.05) is 6.61 Å². The third-order valence-corrected chi connectivity index (χ3v) is 4.02. The molecule has 4 nitrogen and oxygen atoms in total. The average molecular weight is 325 g/mol. The van der Waals surface area contributed by atoms with Crippen molar-refractivity contribution >= 4 is 11.9 Å². The van der Waals surface area contributed by atoms with Crippen LogP contribution in [0.2, 0.25) is 0 Å². The van der Waals surface area contributed by atoms with E-state index in [-0.39, 0.29) is 18.6 Å². The van der Waals surface area contributed by atoms with Crippen LogP contribution in [0.25, 0.3) is 0 Å². The molecule has 2 rings (SSSR count). The second-order valence-electron chi connectivity index (χ2n) is 6.27. The van der Waals surface area contributed by atoms with Gasteiger partial charge in [-0.15, -0.1) is 0 Å². The summed E-state index contributed by atoms with van der Waals surface area (Å²) in [6, 6.07) is 18.9. The zero-order chi connectivity index (χ0) is 17.6. The van der Waals surface area contributed by atoms with Crippen LogP contribution in [0.15, 0.2) is 60.7 Å².